The van der Waals surface area contributed by atoms with Crippen LogP contribution in [0.4, 0.5) is 4.39 Å². The fourth-order valence-corrected chi connectivity index (χ4v) is 2.55. The van der Waals surface area contributed by atoms with E-state index < -0.39 is 5.95 Å². The summed E-state index contributed by atoms with van der Waals surface area (Å²) in [4.78, 5) is 20.1. The maximum Gasteiger partial charge on any atom is 0.270 e. The molecule has 5 nitrogen and oxygen atoms in total. The van der Waals surface area contributed by atoms with Gasteiger partial charge in [-0.3, -0.25) is 9.78 Å². The molecule has 0 bridgehead atoms. The standard InChI is InChI=1S/C20H18FN3O2/c1-13(14-4-3-5-17(10-14)26-2)24-20(25)18-7-6-16(12-23-18)15-8-9-22-19(21)11-15/h3-13H,1-2H3,(H,24,25)/t13-/m1/s1. The van der Waals surface area contributed by atoms with Crippen molar-refractivity contribution in [2.75, 3.05) is 7.11 Å². The van der Waals surface area contributed by atoms with Gasteiger partial charge >= 0.3 is 0 Å². The van der Waals surface area contributed by atoms with Gasteiger partial charge in [-0.25, -0.2) is 4.98 Å². The van der Waals surface area contributed by atoms with Crippen molar-refractivity contribution in [1.29, 1.82) is 0 Å². The summed E-state index contributed by atoms with van der Waals surface area (Å²) in [6, 6.07) is 13.7. The summed E-state index contributed by atoms with van der Waals surface area (Å²) in [6.45, 7) is 1.89. The predicted octanol–water partition coefficient (Wildman–Crippen LogP) is 3.78. The summed E-state index contributed by atoms with van der Waals surface area (Å²) in [6.07, 6.45) is 2.93. The van der Waals surface area contributed by atoms with E-state index in [4.69, 9.17) is 4.74 Å². The van der Waals surface area contributed by atoms with Crippen LogP contribution in [0.1, 0.15) is 29.0 Å². The van der Waals surface area contributed by atoms with Crippen molar-refractivity contribution in [3.05, 3.63) is 78.1 Å². The Labute approximate surface area is 150 Å². The number of benzene rings is 1. The first-order valence-corrected chi connectivity index (χ1v) is 8.09. The van der Waals surface area contributed by atoms with Gasteiger partial charge in [-0.15, -0.1) is 0 Å². The van der Waals surface area contributed by atoms with Crippen molar-refractivity contribution in [2.45, 2.75) is 13.0 Å². The highest BCUT2D eigenvalue weighted by atomic mass is 19.1. The number of nitrogens with one attached hydrogen (secondary N) is 1. The Morgan fingerprint density at radius 1 is 1.12 bits per heavy atom. The smallest absolute Gasteiger partial charge is 0.270 e. The molecule has 0 saturated carbocycles. The van der Waals surface area contributed by atoms with Crippen LogP contribution in [0.5, 0.6) is 5.75 Å². The van der Waals surface area contributed by atoms with Crippen LogP contribution in [0.2, 0.25) is 0 Å². The van der Waals surface area contributed by atoms with E-state index in [-0.39, 0.29) is 17.6 Å². The van der Waals surface area contributed by atoms with Crippen molar-refractivity contribution in [1.82, 2.24) is 15.3 Å². The number of methoxy groups -OCH3 is 1. The SMILES string of the molecule is COc1cccc([C@@H](C)NC(=O)c2ccc(-c3ccnc(F)c3)cn2)c1. The van der Waals surface area contributed by atoms with E-state index in [1.54, 1.807) is 31.5 Å². The summed E-state index contributed by atoms with van der Waals surface area (Å²) in [5.41, 5.74) is 2.59. The summed E-state index contributed by atoms with van der Waals surface area (Å²) in [5.74, 6) is -0.111. The molecular weight excluding hydrogens is 333 g/mol. The van der Waals surface area contributed by atoms with Crippen LogP contribution in [-0.2, 0) is 0 Å². The third kappa shape index (κ3) is 4.03. The molecule has 1 aromatic carbocycles. The van der Waals surface area contributed by atoms with Gasteiger partial charge in [0.05, 0.1) is 13.2 Å². The minimum Gasteiger partial charge on any atom is -0.497 e. The predicted molar refractivity (Wildman–Crippen MR) is 96.3 cm³/mol. The third-order valence-electron chi connectivity index (χ3n) is 4.00. The summed E-state index contributed by atoms with van der Waals surface area (Å²) >= 11 is 0. The number of halogens is 1. The highest BCUT2D eigenvalue weighted by molar-refractivity contribution is 5.92. The van der Waals surface area contributed by atoms with E-state index in [0.717, 1.165) is 11.3 Å². The van der Waals surface area contributed by atoms with E-state index in [9.17, 15) is 9.18 Å². The first-order chi connectivity index (χ1) is 12.6. The molecule has 0 saturated heterocycles. The lowest BCUT2D eigenvalue weighted by Gasteiger charge is -2.15. The highest BCUT2D eigenvalue weighted by Gasteiger charge is 2.13. The second-order valence-corrected chi connectivity index (χ2v) is 5.77. The number of amides is 1. The molecule has 0 unspecified atom stereocenters. The maximum atomic E-state index is 13.2. The Morgan fingerprint density at radius 2 is 1.96 bits per heavy atom. The van der Waals surface area contributed by atoms with Gasteiger partial charge in [-0.05, 0) is 42.3 Å². The van der Waals surface area contributed by atoms with Gasteiger partial charge in [0.2, 0.25) is 5.95 Å². The number of rotatable bonds is 5. The molecule has 1 N–H and O–H groups in total. The molecule has 0 spiro atoms. The van der Waals surface area contributed by atoms with E-state index >= 15 is 0 Å². The summed E-state index contributed by atoms with van der Waals surface area (Å²) < 4.78 is 18.4. The van der Waals surface area contributed by atoms with E-state index in [0.29, 0.717) is 11.1 Å². The van der Waals surface area contributed by atoms with Gasteiger partial charge in [0, 0.05) is 24.0 Å². The second kappa shape index (κ2) is 7.74. The number of pyridine rings is 2. The number of nitrogens with zero attached hydrogens (tertiary/aromatic N) is 2. The summed E-state index contributed by atoms with van der Waals surface area (Å²) in [7, 11) is 1.60. The molecular formula is C20H18FN3O2. The number of hydrogen-bond donors (Lipinski definition) is 1. The zero-order valence-corrected chi connectivity index (χ0v) is 14.4. The number of hydrogen-bond acceptors (Lipinski definition) is 4. The van der Waals surface area contributed by atoms with Crippen LogP contribution in [0.3, 0.4) is 0 Å². The molecule has 132 valence electrons. The van der Waals surface area contributed by atoms with E-state index in [2.05, 4.69) is 15.3 Å². The zero-order chi connectivity index (χ0) is 18.5. The minimum absolute atomic E-state index is 0.201. The zero-order valence-electron chi connectivity index (χ0n) is 14.4. The topological polar surface area (TPSA) is 64.1 Å². The first-order valence-electron chi connectivity index (χ1n) is 8.09. The van der Waals surface area contributed by atoms with Crippen LogP contribution in [0, 0.1) is 5.95 Å². The molecule has 1 amide bonds. The fourth-order valence-electron chi connectivity index (χ4n) is 2.55. The van der Waals surface area contributed by atoms with Crippen molar-refractivity contribution in [3.63, 3.8) is 0 Å². The van der Waals surface area contributed by atoms with Gasteiger partial charge in [0.1, 0.15) is 11.4 Å². The monoisotopic (exact) mass is 351 g/mol. The third-order valence-corrected chi connectivity index (χ3v) is 4.00. The molecule has 6 heteroatoms. The first kappa shape index (κ1) is 17.5. The van der Waals surface area contributed by atoms with Gasteiger partial charge in [0.25, 0.3) is 5.91 Å². The fraction of sp³-hybridized carbons (Fsp3) is 0.150. The number of aromatic nitrogens is 2. The van der Waals surface area contributed by atoms with Crippen molar-refractivity contribution >= 4 is 5.91 Å². The number of carbonyl (C=O) groups is 1. The van der Waals surface area contributed by atoms with Gasteiger partial charge in [0.15, 0.2) is 0 Å². The number of ether oxygens (including phenoxy) is 1. The Bertz CT molecular complexity index is 913. The lowest BCUT2D eigenvalue weighted by molar-refractivity contribution is 0.0935. The number of carbonyl (C=O) groups excluding carboxylic acids is 1. The molecule has 3 aromatic rings. The highest BCUT2D eigenvalue weighted by Crippen LogP contribution is 2.20. The Kier molecular flexibility index (Phi) is 5.22. The lowest BCUT2D eigenvalue weighted by Crippen LogP contribution is -2.27. The lowest BCUT2D eigenvalue weighted by atomic mass is 10.1. The van der Waals surface area contributed by atoms with Gasteiger partial charge < -0.3 is 10.1 Å². The Hall–Kier alpha value is -3.28. The largest absolute Gasteiger partial charge is 0.497 e. The molecule has 0 aliphatic heterocycles. The van der Waals surface area contributed by atoms with E-state index in [1.165, 1.54) is 12.3 Å². The normalized spacial score (nSPS) is 11.7. The average molecular weight is 351 g/mol. The van der Waals surface area contributed by atoms with Crippen LogP contribution >= 0.6 is 0 Å². The molecule has 3 rings (SSSR count). The van der Waals surface area contributed by atoms with Crippen LogP contribution < -0.4 is 10.1 Å². The molecule has 0 aliphatic rings. The molecule has 0 fully saturated rings. The molecule has 0 radical (unpaired) electrons. The quantitative estimate of drug-likeness (QED) is 0.711. The van der Waals surface area contributed by atoms with Gasteiger partial charge in [-0.1, -0.05) is 18.2 Å². The molecule has 1 atom stereocenters. The molecule has 2 heterocycles. The molecule has 0 aliphatic carbocycles. The summed E-state index contributed by atoms with van der Waals surface area (Å²) in [5, 5.41) is 2.91. The molecule has 26 heavy (non-hydrogen) atoms. The van der Waals surface area contributed by atoms with Gasteiger partial charge in [-0.2, -0.15) is 4.39 Å². The second-order valence-electron chi connectivity index (χ2n) is 5.77. The maximum absolute atomic E-state index is 13.2. The molecule has 2 aromatic heterocycles. The van der Waals surface area contributed by atoms with E-state index in [1.807, 2.05) is 31.2 Å². The van der Waals surface area contributed by atoms with Crippen LogP contribution in [0.15, 0.2) is 60.9 Å². The van der Waals surface area contributed by atoms with Crippen molar-refractivity contribution in [3.8, 4) is 16.9 Å². The van der Waals surface area contributed by atoms with Crippen LogP contribution in [-0.4, -0.2) is 23.0 Å². The Morgan fingerprint density at radius 3 is 2.65 bits per heavy atom. The average Bonchev–Trinajstić information content (AvgIpc) is 2.68. The van der Waals surface area contributed by atoms with Crippen molar-refractivity contribution in [2.24, 2.45) is 0 Å². The Balaban J connectivity index is 1.71. The van der Waals surface area contributed by atoms with Crippen molar-refractivity contribution < 1.29 is 13.9 Å². The van der Waals surface area contributed by atoms with Crippen LogP contribution in [0.25, 0.3) is 11.1 Å². The minimum atomic E-state index is -0.559.